The summed E-state index contributed by atoms with van der Waals surface area (Å²) in [7, 11) is -3.25. The topological polar surface area (TPSA) is 49.4 Å². The Kier molecular flexibility index (Phi) is 4.64. The maximum atomic E-state index is 11.4. The third kappa shape index (κ3) is 3.96. The maximum absolute atomic E-state index is 11.4. The average molecular weight is 333 g/mol. The van der Waals surface area contributed by atoms with E-state index in [2.05, 4.69) is 25.6 Å². The van der Waals surface area contributed by atoms with Gasteiger partial charge in [0, 0.05) is 12.2 Å². The molecule has 100 valence electrons. The number of alkyl halides is 1. The molecule has 0 aliphatic carbocycles. The molecule has 0 amide bonds. The number of likely N-dealkylation sites (tertiary alicyclic amines) is 1. The molecule has 0 radical (unpaired) electrons. The first-order valence-corrected chi connectivity index (χ1v) is 8.74. The lowest BCUT2D eigenvalue weighted by Gasteiger charge is -2.14. The molecule has 0 bridgehead atoms. The second-order valence-corrected chi connectivity index (χ2v) is 7.53. The molecule has 0 spiro atoms. The number of hydrogen-bond acceptors (Lipinski definition) is 3. The van der Waals surface area contributed by atoms with Crippen molar-refractivity contribution in [2.75, 3.05) is 22.5 Å². The van der Waals surface area contributed by atoms with Gasteiger partial charge in [0.05, 0.1) is 0 Å². The van der Waals surface area contributed by atoms with Gasteiger partial charge in [0.25, 0.3) is 0 Å². The Morgan fingerprint density at radius 3 is 2.33 bits per heavy atom. The van der Waals surface area contributed by atoms with Gasteiger partial charge in [-0.3, -0.25) is 9.62 Å². The van der Waals surface area contributed by atoms with Gasteiger partial charge in [0.15, 0.2) is 0 Å². The third-order valence-electron chi connectivity index (χ3n) is 2.98. The first-order valence-electron chi connectivity index (χ1n) is 5.97. The minimum Gasteiger partial charge on any atom is -0.299 e. The number of sulfonamides is 1. The Labute approximate surface area is 117 Å². The van der Waals surface area contributed by atoms with E-state index < -0.39 is 10.0 Å². The fraction of sp³-hybridized carbons (Fsp3) is 0.500. The van der Waals surface area contributed by atoms with E-state index in [1.165, 1.54) is 18.4 Å². The van der Waals surface area contributed by atoms with Crippen LogP contribution in [0.1, 0.15) is 18.4 Å². The molecular formula is C12H17BrN2O2S. The number of hydrogen-bond donors (Lipinski definition) is 1. The zero-order chi connectivity index (χ0) is 13.0. The van der Waals surface area contributed by atoms with Crippen molar-refractivity contribution in [3.8, 4) is 0 Å². The van der Waals surface area contributed by atoms with Crippen LogP contribution in [-0.2, 0) is 16.6 Å². The fourth-order valence-corrected chi connectivity index (χ4v) is 2.98. The molecular weight excluding hydrogens is 316 g/mol. The molecule has 1 saturated heterocycles. The molecule has 0 saturated carbocycles. The Hall–Kier alpha value is -0.590. The van der Waals surface area contributed by atoms with Crippen LogP contribution in [0, 0.1) is 0 Å². The van der Waals surface area contributed by atoms with E-state index in [4.69, 9.17) is 0 Å². The van der Waals surface area contributed by atoms with Crippen molar-refractivity contribution < 1.29 is 8.42 Å². The number of nitrogens with zero attached hydrogens (tertiary/aromatic N) is 1. The van der Waals surface area contributed by atoms with E-state index in [0.717, 1.165) is 19.6 Å². The van der Waals surface area contributed by atoms with Crippen molar-refractivity contribution in [3.63, 3.8) is 0 Å². The number of halogens is 1. The van der Waals surface area contributed by atoms with Crippen molar-refractivity contribution in [2.45, 2.75) is 19.4 Å². The lowest BCUT2D eigenvalue weighted by Crippen LogP contribution is -2.18. The van der Waals surface area contributed by atoms with Crippen LogP contribution in [0.4, 0.5) is 5.69 Å². The van der Waals surface area contributed by atoms with Crippen LogP contribution in [0.5, 0.6) is 0 Å². The molecule has 6 heteroatoms. The van der Waals surface area contributed by atoms with Gasteiger partial charge >= 0.3 is 0 Å². The zero-order valence-electron chi connectivity index (χ0n) is 10.1. The van der Waals surface area contributed by atoms with Gasteiger partial charge in [-0.25, -0.2) is 8.42 Å². The van der Waals surface area contributed by atoms with E-state index in [9.17, 15) is 8.42 Å². The average Bonchev–Trinajstić information content (AvgIpc) is 2.84. The van der Waals surface area contributed by atoms with E-state index in [1.54, 1.807) is 0 Å². The summed E-state index contributed by atoms with van der Waals surface area (Å²) in [4.78, 5) is 2.41. The molecule has 18 heavy (non-hydrogen) atoms. The highest BCUT2D eigenvalue weighted by Crippen LogP contribution is 2.16. The van der Waals surface area contributed by atoms with E-state index in [0.29, 0.717) is 5.69 Å². The summed E-state index contributed by atoms with van der Waals surface area (Å²) < 4.78 is 25.1. The van der Waals surface area contributed by atoms with E-state index in [1.807, 2.05) is 24.3 Å². The molecule has 1 fully saturated rings. The van der Waals surface area contributed by atoms with Crippen molar-refractivity contribution in [3.05, 3.63) is 29.8 Å². The van der Waals surface area contributed by atoms with Crippen LogP contribution in [0.2, 0.25) is 0 Å². The highest BCUT2D eigenvalue weighted by Gasteiger charge is 2.12. The minimum absolute atomic E-state index is 0.0878. The predicted molar refractivity (Wildman–Crippen MR) is 77.3 cm³/mol. The van der Waals surface area contributed by atoms with Crippen LogP contribution >= 0.6 is 15.9 Å². The SMILES string of the molecule is O=S(=O)(CBr)Nc1ccc(CN2CCCC2)cc1. The van der Waals surface area contributed by atoms with Gasteiger partial charge in [0.2, 0.25) is 10.0 Å². The number of rotatable bonds is 5. The highest BCUT2D eigenvalue weighted by molar-refractivity contribution is 9.10. The van der Waals surface area contributed by atoms with Crippen molar-refractivity contribution in [1.29, 1.82) is 0 Å². The maximum Gasteiger partial charge on any atom is 0.242 e. The summed E-state index contributed by atoms with van der Waals surface area (Å²) in [6.07, 6.45) is 2.56. The quantitative estimate of drug-likeness (QED) is 0.842. The van der Waals surface area contributed by atoms with Crippen LogP contribution in [-0.4, -0.2) is 31.1 Å². The van der Waals surface area contributed by atoms with Crippen molar-refractivity contribution >= 4 is 31.6 Å². The molecule has 1 N–H and O–H groups in total. The summed E-state index contributed by atoms with van der Waals surface area (Å²) in [6.45, 7) is 3.28. The van der Waals surface area contributed by atoms with Crippen LogP contribution < -0.4 is 4.72 Å². The molecule has 1 aromatic carbocycles. The minimum atomic E-state index is -3.25. The van der Waals surface area contributed by atoms with Crippen LogP contribution in [0.3, 0.4) is 0 Å². The standard InChI is InChI=1S/C12H17BrN2O2S/c13-10-18(16,17)14-12-5-3-11(4-6-12)9-15-7-1-2-8-15/h3-6,14H,1-2,7-10H2. The first-order chi connectivity index (χ1) is 8.59. The second kappa shape index (κ2) is 6.04. The van der Waals surface area contributed by atoms with Crippen LogP contribution in [0.15, 0.2) is 24.3 Å². The molecule has 0 atom stereocenters. The largest absolute Gasteiger partial charge is 0.299 e. The van der Waals surface area contributed by atoms with Crippen molar-refractivity contribution in [1.82, 2.24) is 4.90 Å². The Morgan fingerprint density at radius 2 is 1.78 bits per heavy atom. The summed E-state index contributed by atoms with van der Waals surface area (Å²) in [6, 6.07) is 7.58. The van der Waals surface area contributed by atoms with Gasteiger partial charge < -0.3 is 0 Å². The normalized spacial score (nSPS) is 16.9. The molecule has 1 heterocycles. The molecule has 1 aliphatic rings. The van der Waals surface area contributed by atoms with Gasteiger partial charge in [-0.05, 0) is 43.6 Å². The Bertz CT molecular complexity index is 481. The summed E-state index contributed by atoms with van der Waals surface area (Å²) in [5, 5.41) is 0. The number of nitrogens with one attached hydrogen (secondary N) is 1. The van der Waals surface area contributed by atoms with E-state index in [-0.39, 0.29) is 4.66 Å². The van der Waals surface area contributed by atoms with Gasteiger partial charge in [-0.1, -0.05) is 28.1 Å². The van der Waals surface area contributed by atoms with Gasteiger partial charge in [-0.2, -0.15) is 0 Å². The van der Waals surface area contributed by atoms with Crippen molar-refractivity contribution in [2.24, 2.45) is 0 Å². The third-order valence-corrected chi connectivity index (χ3v) is 5.62. The monoisotopic (exact) mass is 332 g/mol. The fourth-order valence-electron chi connectivity index (χ4n) is 2.08. The number of anilines is 1. The lowest BCUT2D eigenvalue weighted by molar-refractivity contribution is 0.331. The lowest BCUT2D eigenvalue weighted by atomic mass is 10.2. The first kappa shape index (κ1) is 13.8. The van der Waals surface area contributed by atoms with Gasteiger partial charge in [0.1, 0.15) is 4.66 Å². The Morgan fingerprint density at radius 1 is 1.17 bits per heavy atom. The second-order valence-electron chi connectivity index (χ2n) is 4.51. The summed E-state index contributed by atoms with van der Waals surface area (Å²) in [5.74, 6) is 0. The number of benzene rings is 1. The van der Waals surface area contributed by atoms with Gasteiger partial charge in [-0.15, -0.1) is 0 Å². The van der Waals surface area contributed by atoms with E-state index >= 15 is 0 Å². The molecule has 1 aliphatic heterocycles. The molecule has 0 unspecified atom stereocenters. The molecule has 2 rings (SSSR count). The molecule has 0 aromatic heterocycles. The summed E-state index contributed by atoms with van der Waals surface area (Å²) in [5.41, 5.74) is 1.83. The molecule has 1 aromatic rings. The predicted octanol–water partition coefficient (Wildman–Crippen LogP) is 2.38. The summed E-state index contributed by atoms with van der Waals surface area (Å²) >= 11 is 2.94. The molecule has 4 nitrogen and oxygen atoms in total. The van der Waals surface area contributed by atoms with Crippen LogP contribution in [0.25, 0.3) is 0 Å². The zero-order valence-corrected chi connectivity index (χ0v) is 12.5. The Balaban J connectivity index is 1.96. The highest BCUT2D eigenvalue weighted by atomic mass is 79.9. The smallest absolute Gasteiger partial charge is 0.242 e.